The van der Waals surface area contributed by atoms with Gasteiger partial charge in [0, 0.05) is 12.4 Å². The van der Waals surface area contributed by atoms with E-state index < -0.39 is 0 Å². The fourth-order valence-corrected chi connectivity index (χ4v) is 0.797. The van der Waals surface area contributed by atoms with Gasteiger partial charge in [-0.1, -0.05) is 0 Å². The molecule has 1 saturated heterocycles. The van der Waals surface area contributed by atoms with Gasteiger partial charge in [-0.25, -0.2) is 10.4 Å². The Balaban J connectivity index is 2.23. The van der Waals surface area contributed by atoms with E-state index in [1.165, 1.54) is 0 Å². The first-order valence-corrected chi connectivity index (χ1v) is 2.72. The number of hydrogen-bond acceptors (Lipinski definition) is 5. The summed E-state index contributed by atoms with van der Waals surface area (Å²) < 4.78 is 0. The van der Waals surface area contributed by atoms with Crippen molar-refractivity contribution in [2.45, 2.75) is 6.17 Å². The molecule has 0 aromatic heterocycles. The van der Waals surface area contributed by atoms with E-state index in [0.29, 0.717) is 0 Å². The van der Waals surface area contributed by atoms with Gasteiger partial charge in [0.15, 0.2) is 12.0 Å². The number of amidine groups is 1. The second-order valence-corrected chi connectivity index (χ2v) is 1.82. The number of nitrogens with zero attached hydrogens (tertiary/aromatic N) is 1. The summed E-state index contributed by atoms with van der Waals surface area (Å²) in [6, 6.07) is 0. The maximum atomic E-state index is 4.03. The standard InChI is InChI=1S/C4H7N5/c1-2-6-4-3(5-1)7-9-8-4/h1-3,5,7,9H,(H,6,8). The molecule has 5 nitrogen and oxygen atoms in total. The van der Waals surface area contributed by atoms with Gasteiger partial charge in [-0.15, -0.1) is 0 Å². The SMILES string of the molecule is C1=CNC2NNNC2=N1. The summed E-state index contributed by atoms with van der Waals surface area (Å²) in [4.78, 5) is 4.03. The van der Waals surface area contributed by atoms with Crippen molar-refractivity contribution >= 4 is 5.84 Å². The lowest BCUT2D eigenvalue weighted by Gasteiger charge is -2.10. The molecule has 0 bridgehead atoms. The van der Waals surface area contributed by atoms with E-state index in [4.69, 9.17) is 0 Å². The van der Waals surface area contributed by atoms with Crippen LogP contribution in [0.5, 0.6) is 0 Å². The third-order valence-electron chi connectivity index (χ3n) is 1.23. The quantitative estimate of drug-likeness (QED) is 0.315. The van der Waals surface area contributed by atoms with Crippen molar-refractivity contribution in [3.8, 4) is 0 Å². The fourth-order valence-electron chi connectivity index (χ4n) is 0.797. The molecule has 0 saturated carbocycles. The molecule has 2 rings (SSSR count). The highest BCUT2D eigenvalue weighted by Crippen LogP contribution is 1.92. The number of aliphatic imine (C=N–C) groups is 1. The minimum atomic E-state index is 0.106. The zero-order valence-electron chi connectivity index (χ0n) is 4.68. The molecule has 1 unspecified atom stereocenters. The van der Waals surface area contributed by atoms with Crippen LogP contribution in [0.25, 0.3) is 0 Å². The molecule has 2 aliphatic heterocycles. The number of hydrazine groups is 2. The van der Waals surface area contributed by atoms with Gasteiger partial charge < -0.3 is 5.32 Å². The lowest BCUT2D eigenvalue weighted by Crippen LogP contribution is -2.42. The van der Waals surface area contributed by atoms with Crippen LogP contribution in [0.3, 0.4) is 0 Å². The third kappa shape index (κ3) is 0.664. The lowest BCUT2D eigenvalue weighted by molar-refractivity contribution is 0.519. The normalized spacial score (nSPS) is 30.2. The Bertz CT molecular complexity index is 172. The van der Waals surface area contributed by atoms with Crippen molar-refractivity contribution in [1.29, 1.82) is 0 Å². The topological polar surface area (TPSA) is 60.5 Å². The highest BCUT2D eigenvalue weighted by molar-refractivity contribution is 5.89. The van der Waals surface area contributed by atoms with Crippen LogP contribution >= 0.6 is 0 Å². The molecule has 9 heavy (non-hydrogen) atoms. The van der Waals surface area contributed by atoms with Crippen LogP contribution in [0.2, 0.25) is 0 Å². The van der Waals surface area contributed by atoms with E-state index in [1.54, 1.807) is 12.4 Å². The zero-order valence-corrected chi connectivity index (χ0v) is 4.68. The van der Waals surface area contributed by atoms with Crippen molar-refractivity contribution in [1.82, 2.24) is 21.7 Å². The van der Waals surface area contributed by atoms with Gasteiger partial charge in [0.05, 0.1) is 0 Å². The van der Waals surface area contributed by atoms with Gasteiger partial charge in [0.2, 0.25) is 0 Å². The van der Waals surface area contributed by atoms with E-state index in [-0.39, 0.29) is 6.17 Å². The molecule has 2 heterocycles. The summed E-state index contributed by atoms with van der Waals surface area (Å²) in [6.45, 7) is 0. The van der Waals surface area contributed by atoms with Crippen molar-refractivity contribution in [3.05, 3.63) is 12.4 Å². The highest BCUT2D eigenvalue weighted by Gasteiger charge is 2.20. The number of rotatable bonds is 0. The predicted molar refractivity (Wildman–Crippen MR) is 32.9 cm³/mol. The van der Waals surface area contributed by atoms with E-state index in [1.807, 2.05) is 0 Å². The van der Waals surface area contributed by atoms with E-state index in [9.17, 15) is 0 Å². The fraction of sp³-hybridized carbons (Fsp3) is 0.250. The Morgan fingerprint density at radius 3 is 3.44 bits per heavy atom. The van der Waals surface area contributed by atoms with Crippen LogP contribution in [0.4, 0.5) is 0 Å². The third-order valence-corrected chi connectivity index (χ3v) is 1.23. The molecule has 4 N–H and O–H groups in total. The maximum absolute atomic E-state index is 4.03. The molecule has 5 heteroatoms. The Labute approximate surface area is 52.2 Å². The van der Waals surface area contributed by atoms with Gasteiger partial charge in [0.25, 0.3) is 0 Å². The molecule has 1 atom stereocenters. The molecular weight excluding hydrogens is 118 g/mol. The average Bonchev–Trinajstić information content (AvgIpc) is 2.33. The Morgan fingerprint density at radius 1 is 1.56 bits per heavy atom. The molecule has 0 spiro atoms. The summed E-state index contributed by atoms with van der Waals surface area (Å²) in [5, 5.41) is 3.03. The summed E-state index contributed by atoms with van der Waals surface area (Å²) in [6.07, 6.45) is 3.60. The summed E-state index contributed by atoms with van der Waals surface area (Å²) in [5.74, 6) is 0.873. The monoisotopic (exact) mass is 125 g/mol. The first-order valence-electron chi connectivity index (χ1n) is 2.72. The van der Waals surface area contributed by atoms with Crippen LogP contribution in [-0.2, 0) is 0 Å². The molecule has 2 aliphatic rings. The average molecular weight is 125 g/mol. The van der Waals surface area contributed by atoms with Crippen LogP contribution in [0.1, 0.15) is 0 Å². The highest BCUT2D eigenvalue weighted by atomic mass is 15.7. The number of nitrogens with one attached hydrogen (secondary N) is 4. The molecule has 0 radical (unpaired) electrons. The minimum absolute atomic E-state index is 0.106. The molecule has 0 aromatic carbocycles. The largest absolute Gasteiger partial charge is 0.367 e. The van der Waals surface area contributed by atoms with Crippen LogP contribution in [0.15, 0.2) is 17.4 Å². The Hall–Kier alpha value is -1.07. The van der Waals surface area contributed by atoms with Crippen molar-refractivity contribution in [2.75, 3.05) is 0 Å². The molecule has 0 aliphatic carbocycles. The van der Waals surface area contributed by atoms with Gasteiger partial charge in [-0.3, -0.25) is 5.43 Å². The lowest BCUT2D eigenvalue weighted by atomic mass is 10.4. The summed E-state index contributed by atoms with van der Waals surface area (Å²) in [7, 11) is 0. The van der Waals surface area contributed by atoms with Gasteiger partial charge in [0.1, 0.15) is 0 Å². The van der Waals surface area contributed by atoms with Crippen LogP contribution in [-0.4, -0.2) is 12.0 Å². The maximum Gasteiger partial charge on any atom is 0.156 e. The van der Waals surface area contributed by atoms with Crippen molar-refractivity contribution in [2.24, 2.45) is 4.99 Å². The first kappa shape index (κ1) is 4.78. The van der Waals surface area contributed by atoms with Crippen LogP contribution in [0, 0.1) is 0 Å². The smallest absolute Gasteiger partial charge is 0.156 e. The van der Waals surface area contributed by atoms with Gasteiger partial charge >= 0.3 is 0 Å². The van der Waals surface area contributed by atoms with E-state index in [0.717, 1.165) is 5.84 Å². The van der Waals surface area contributed by atoms with Crippen molar-refractivity contribution < 1.29 is 0 Å². The number of hydrogen-bond donors (Lipinski definition) is 4. The minimum Gasteiger partial charge on any atom is -0.367 e. The van der Waals surface area contributed by atoms with E-state index in [2.05, 4.69) is 26.7 Å². The molecular formula is C4H7N5. The second-order valence-electron chi connectivity index (χ2n) is 1.82. The van der Waals surface area contributed by atoms with Crippen molar-refractivity contribution in [3.63, 3.8) is 0 Å². The molecule has 0 aromatic rings. The first-order chi connectivity index (χ1) is 4.47. The number of fused-ring (bicyclic) bond motifs is 1. The summed E-state index contributed by atoms with van der Waals surface area (Å²) >= 11 is 0. The Morgan fingerprint density at radius 2 is 2.56 bits per heavy atom. The van der Waals surface area contributed by atoms with Gasteiger partial charge in [-0.2, -0.15) is 5.53 Å². The molecule has 48 valence electrons. The van der Waals surface area contributed by atoms with Gasteiger partial charge in [-0.05, 0) is 0 Å². The Kier molecular flexibility index (Phi) is 0.909. The second kappa shape index (κ2) is 1.71. The molecule has 1 fully saturated rings. The predicted octanol–water partition coefficient (Wildman–Crippen LogP) is -1.60. The zero-order chi connectivity index (χ0) is 6.10. The van der Waals surface area contributed by atoms with E-state index >= 15 is 0 Å². The van der Waals surface area contributed by atoms with Crippen LogP contribution < -0.4 is 21.7 Å². The summed E-state index contributed by atoms with van der Waals surface area (Å²) in [5.41, 5.74) is 8.47. The molecule has 0 amide bonds.